The quantitative estimate of drug-likeness (QED) is 0.474. The summed E-state index contributed by atoms with van der Waals surface area (Å²) in [6.07, 6.45) is 8.18. The monoisotopic (exact) mass is 456 g/mol. The Labute approximate surface area is 198 Å². The van der Waals surface area contributed by atoms with E-state index in [1.807, 2.05) is 72.3 Å². The molecular formula is C28H28N2O4. The molecule has 2 N–H and O–H groups in total. The molecule has 174 valence electrons. The van der Waals surface area contributed by atoms with Crippen LogP contribution in [0.5, 0.6) is 0 Å². The summed E-state index contributed by atoms with van der Waals surface area (Å²) in [5, 5.41) is 12.4. The van der Waals surface area contributed by atoms with Gasteiger partial charge in [-0.25, -0.2) is 4.79 Å². The van der Waals surface area contributed by atoms with Gasteiger partial charge in [0, 0.05) is 23.9 Å². The first kappa shape index (κ1) is 23.2. The number of carboxylic acid groups (broad SMARTS) is 1. The van der Waals surface area contributed by atoms with Crippen LogP contribution in [0.1, 0.15) is 63.2 Å². The molecule has 6 nitrogen and oxygen atoms in total. The predicted molar refractivity (Wildman–Crippen MR) is 131 cm³/mol. The van der Waals surface area contributed by atoms with E-state index < -0.39 is 11.5 Å². The first-order valence-corrected chi connectivity index (χ1v) is 11.5. The highest BCUT2D eigenvalue weighted by Crippen LogP contribution is 2.30. The predicted octanol–water partition coefficient (Wildman–Crippen LogP) is 4.87. The Morgan fingerprint density at radius 2 is 1.74 bits per heavy atom. The van der Waals surface area contributed by atoms with Gasteiger partial charge in [-0.05, 0) is 49.6 Å². The molecule has 1 fully saturated rings. The summed E-state index contributed by atoms with van der Waals surface area (Å²) < 4.78 is 1.88. The standard InChI is InChI=1S/C28H28N2O4/c1-20-11-13-22(14-12-20)25(31)24-10-6-18-30(24)17-5-8-21-7-4-9-23(19-21)26(32)29-28(27(33)34)15-2-3-16-28/h4-14,18-19H,2-3,15-17H2,1H3,(H,29,32)(H,33,34)/b8-5+. The van der Waals surface area contributed by atoms with Crippen LogP contribution in [0.4, 0.5) is 0 Å². The number of nitrogens with zero attached hydrogens (tertiary/aromatic N) is 1. The van der Waals surface area contributed by atoms with Crippen LogP contribution in [0.25, 0.3) is 6.08 Å². The van der Waals surface area contributed by atoms with Gasteiger partial charge in [-0.2, -0.15) is 0 Å². The van der Waals surface area contributed by atoms with Gasteiger partial charge < -0.3 is 15.0 Å². The van der Waals surface area contributed by atoms with E-state index in [0.717, 1.165) is 24.0 Å². The first-order chi connectivity index (χ1) is 16.4. The minimum atomic E-state index is -1.17. The van der Waals surface area contributed by atoms with Crippen molar-refractivity contribution in [2.24, 2.45) is 0 Å². The smallest absolute Gasteiger partial charge is 0.329 e. The van der Waals surface area contributed by atoms with Gasteiger partial charge >= 0.3 is 5.97 Å². The van der Waals surface area contributed by atoms with Crippen molar-refractivity contribution in [2.45, 2.75) is 44.7 Å². The molecule has 2 aromatic carbocycles. The highest BCUT2D eigenvalue weighted by molar-refractivity contribution is 6.08. The molecule has 1 amide bonds. The van der Waals surface area contributed by atoms with E-state index in [2.05, 4.69) is 5.32 Å². The fourth-order valence-electron chi connectivity index (χ4n) is 4.38. The Bertz CT molecular complexity index is 1230. The number of benzene rings is 2. The van der Waals surface area contributed by atoms with Crippen molar-refractivity contribution in [1.29, 1.82) is 0 Å². The second-order valence-electron chi connectivity index (χ2n) is 8.82. The summed E-state index contributed by atoms with van der Waals surface area (Å²) in [5.41, 5.74) is 2.43. The van der Waals surface area contributed by atoms with E-state index in [4.69, 9.17) is 0 Å². The molecule has 0 aliphatic heterocycles. The molecule has 0 bridgehead atoms. The molecule has 1 aliphatic carbocycles. The van der Waals surface area contributed by atoms with Gasteiger partial charge in [-0.1, -0.05) is 67.0 Å². The summed E-state index contributed by atoms with van der Waals surface area (Å²) in [5.74, 6) is -1.38. The number of rotatable bonds is 8. The number of allylic oxidation sites excluding steroid dienone is 1. The van der Waals surface area contributed by atoms with Crippen LogP contribution >= 0.6 is 0 Å². The molecule has 4 rings (SSSR count). The van der Waals surface area contributed by atoms with Crippen LogP contribution in [0, 0.1) is 6.92 Å². The maximum atomic E-state index is 12.9. The largest absolute Gasteiger partial charge is 0.480 e. The first-order valence-electron chi connectivity index (χ1n) is 11.5. The number of hydrogen-bond acceptors (Lipinski definition) is 3. The van der Waals surface area contributed by atoms with Gasteiger partial charge in [0.2, 0.25) is 5.78 Å². The normalized spacial score (nSPS) is 14.9. The van der Waals surface area contributed by atoms with Crippen molar-refractivity contribution >= 4 is 23.7 Å². The van der Waals surface area contributed by atoms with Crippen molar-refractivity contribution < 1.29 is 19.5 Å². The molecule has 0 atom stereocenters. The number of aryl methyl sites for hydroxylation is 1. The zero-order valence-electron chi connectivity index (χ0n) is 19.2. The fourth-order valence-corrected chi connectivity index (χ4v) is 4.38. The lowest BCUT2D eigenvalue weighted by atomic mass is 9.97. The lowest BCUT2D eigenvalue weighted by molar-refractivity contribution is -0.144. The molecule has 1 saturated carbocycles. The van der Waals surface area contributed by atoms with Crippen molar-refractivity contribution in [3.05, 3.63) is 101 Å². The zero-order valence-corrected chi connectivity index (χ0v) is 19.2. The van der Waals surface area contributed by atoms with Crippen LogP contribution < -0.4 is 5.32 Å². The third-order valence-electron chi connectivity index (χ3n) is 6.36. The molecule has 6 heteroatoms. The number of hydrogen-bond donors (Lipinski definition) is 2. The maximum absolute atomic E-state index is 12.9. The summed E-state index contributed by atoms with van der Waals surface area (Å²) in [4.78, 5) is 37.4. The van der Waals surface area contributed by atoms with E-state index in [1.165, 1.54) is 0 Å². The van der Waals surface area contributed by atoms with Crippen molar-refractivity contribution in [3.63, 3.8) is 0 Å². The molecule has 0 radical (unpaired) electrons. The number of aliphatic carboxylic acids is 1. The Balaban J connectivity index is 1.44. The zero-order chi connectivity index (χ0) is 24.1. The van der Waals surface area contributed by atoms with Gasteiger partial charge in [-0.15, -0.1) is 0 Å². The SMILES string of the molecule is Cc1ccc(C(=O)c2cccn2C/C=C/c2cccc(C(=O)NC3(C(=O)O)CCCC3)c2)cc1. The molecule has 0 saturated heterocycles. The van der Waals surface area contributed by atoms with Gasteiger partial charge in [0.15, 0.2) is 0 Å². The molecule has 3 aromatic rings. The Kier molecular flexibility index (Phi) is 6.77. The van der Waals surface area contributed by atoms with Gasteiger partial charge in [0.1, 0.15) is 5.54 Å². The van der Waals surface area contributed by atoms with Crippen LogP contribution in [0.15, 0.2) is 72.9 Å². The van der Waals surface area contributed by atoms with Crippen molar-refractivity contribution in [3.8, 4) is 0 Å². The van der Waals surface area contributed by atoms with Gasteiger partial charge in [-0.3, -0.25) is 9.59 Å². The van der Waals surface area contributed by atoms with Crippen LogP contribution in [0.2, 0.25) is 0 Å². The van der Waals surface area contributed by atoms with Gasteiger partial charge in [0.25, 0.3) is 5.91 Å². The minimum absolute atomic E-state index is 0.0312. The summed E-state index contributed by atoms with van der Waals surface area (Å²) in [7, 11) is 0. The van der Waals surface area contributed by atoms with E-state index in [-0.39, 0.29) is 11.7 Å². The van der Waals surface area contributed by atoms with E-state index in [0.29, 0.717) is 36.2 Å². The number of carboxylic acids is 1. The Hall–Kier alpha value is -3.93. The fraction of sp³-hybridized carbons (Fsp3) is 0.250. The molecular weight excluding hydrogens is 428 g/mol. The van der Waals surface area contributed by atoms with E-state index in [9.17, 15) is 19.5 Å². The van der Waals surface area contributed by atoms with Crippen LogP contribution in [0.3, 0.4) is 0 Å². The minimum Gasteiger partial charge on any atom is -0.480 e. The summed E-state index contributed by atoms with van der Waals surface area (Å²) >= 11 is 0. The second kappa shape index (κ2) is 9.91. The molecule has 1 aromatic heterocycles. The van der Waals surface area contributed by atoms with Crippen molar-refractivity contribution in [2.75, 3.05) is 0 Å². The molecule has 1 aliphatic rings. The molecule has 34 heavy (non-hydrogen) atoms. The highest BCUT2D eigenvalue weighted by atomic mass is 16.4. The molecule has 0 unspecified atom stereocenters. The average molecular weight is 457 g/mol. The number of nitrogens with one attached hydrogen (secondary N) is 1. The van der Waals surface area contributed by atoms with Gasteiger partial charge in [0.05, 0.1) is 5.69 Å². The Morgan fingerprint density at radius 1 is 1.00 bits per heavy atom. The average Bonchev–Trinajstić information content (AvgIpc) is 3.50. The molecule has 0 spiro atoms. The number of carbonyl (C=O) groups is 3. The second-order valence-corrected chi connectivity index (χ2v) is 8.82. The third-order valence-corrected chi connectivity index (χ3v) is 6.36. The maximum Gasteiger partial charge on any atom is 0.329 e. The van der Waals surface area contributed by atoms with Crippen LogP contribution in [-0.4, -0.2) is 32.9 Å². The van der Waals surface area contributed by atoms with Crippen LogP contribution in [-0.2, 0) is 11.3 Å². The topological polar surface area (TPSA) is 88.4 Å². The molecule has 1 heterocycles. The lowest BCUT2D eigenvalue weighted by Gasteiger charge is -2.25. The lowest BCUT2D eigenvalue weighted by Crippen LogP contribution is -2.52. The number of aromatic nitrogens is 1. The summed E-state index contributed by atoms with van der Waals surface area (Å²) in [6.45, 7) is 2.48. The third kappa shape index (κ3) is 5.01. The number of amides is 1. The van der Waals surface area contributed by atoms with Crippen molar-refractivity contribution in [1.82, 2.24) is 9.88 Å². The van der Waals surface area contributed by atoms with E-state index in [1.54, 1.807) is 18.2 Å². The summed E-state index contributed by atoms with van der Waals surface area (Å²) in [6, 6.07) is 18.3. The highest BCUT2D eigenvalue weighted by Gasteiger charge is 2.42. The number of carbonyl (C=O) groups excluding carboxylic acids is 2. The number of ketones is 1. The van der Waals surface area contributed by atoms with E-state index >= 15 is 0 Å². The Morgan fingerprint density at radius 3 is 2.44 bits per heavy atom.